The molecule has 0 radical (unpaired) electrons. The lowest BCUT2D eigenvalue weighted by Gasteiger charge is -2.11. The number of nitrogens with one attached hydrogen (secondary N) is 1. The van der Waals surface area contributed by atoms with Gasteiger partial charge in [-0.15, -0.1) is 0 Å². The van der Waals surface area contributed by atoms with Crippen LogP contribution in [0, 0.1) is 0 Å². The molecular formula is C16H18N2O3. The van der Waals surface area contributed by atoms with Crippen LogP contribution < -0.4 is 10.1 Å². The van der Waals surface area contributed by atoms with Gasteiger partial charge in [-0.05, 0) is 18.1 Å². The Bertz CT molecular complexity index is 587. The Hall–Kier alpha value is -2.40. The van der Waals surface area contributed by atoms with E-state index in [0.29, 0.717) is 24.4 Å². The average molecular weight is 286 g/mol. The van der Waals surface area contributed by atoms with Gasteiger partial charge in [0.1, 0.15) is 11.4 Å². The van der Waals surface area contributed by atoms with Gasteiger partial charge in [-0.3, -0.25) is 9.78 Å². The number of aliphatic hydroxyl groups excluding tert-OH is 1. The molecule has 1 heterocycles. The minimum atomic E-state index is -0.593. The van der Waals surface area contributed by atoms with E-state index < -0.39 is 6.10 Å². The number of ether oxygens (including phenoxy) is 1. The van der Waals surface area contributed by atoms with Gasteiger partial charge in [0.05, 0.1) is 13.2 Å². The highest BCUT2D eigenvalue weighted by atomic mass is 16.5. The first-order chi connectivity index (χ1) is 10.2. The van der Waals surface area contributed by atoms with Crippen molar-refractivity contribution in [3.63, 3.8) is 0 Å². The second-order valence-corrected chi connectivity index (χ2v) is 4.55. The molecule has 1 aromatic carbocycles. The molecule has 1 unspecified atom stereocenters. The van der Waals surface area contributed by atoms with Crippen LogP contribution in [0.1, 0.15) is 28.6 Å². The molecule has 1 aromatic heterocycles. The summed E-state index contributed by atoms with van der Waals surface area (Å²) in [6, 6.07) is 12.6. The highest BCUT2D eigenvalue weighted by Gasteiger charge is 2.10. The van der Waals surface area contributed by atoms with Crippen LogP contribution in [0.2, 0.25) is 0 Å². The van der Waals surface area contributed by atoms with Gasteiger partial charge in [-0.1, -0.05) is 30.3 Å². The summed E-state index contributed by atoms with van der Waals surface area (Å²) in [4.78, 5) is 15.9. The monoisotopic (exact) mass is 286 g/mol. The van der Waals surface area contributed by atoms with E-state index in [1.807, 2.05) is 30.3 Å². The molecule has 0 fully saturated rings. The minimum Gasteiger partial charge on any atom is -0.497 e. The van der Waals surface area contributed by atoms with Gasteiger partial charge in [-0.2, -0.15) is 0 Å². The normalized spacial score (nSPS) is 11.7. The third-order valence-electron chi connectivity index (χ3n) is 3.09. The van der Waals surface area contributed by atoms with E-state index in [2.05, 4.69) is 10.3 Å². The summed E-state index contributed by atoms with van der Waals surface area (Å²) in [6.45, 7) is 0.369. The van der Waals surface area contributed by atoms with Crippen molar-refractivity contribution in [2.24, 2.45) is 0 Å². The number of hydrogen-bond donors (Lipinski definition) is 2. The van der Waals surface area contributed by atoms with Crippen LogP contribution in [-0.2, 0) is 0 Å². The molecule has 0 aliphatic carbocycles. The predicted octanol–water partition coefficient (Wildman–Crippen LogP) is 1.94. The molecule has 21 heavy (non-hydrogen) atoms. The molecule has 5 nitrogen and oxygen atoms in total. The lowest BCUT2D eigenvalue weighted by Crippen LogP contribution is -2.26. The Kier molecular flexibility index (Phi) is 5.29. The zero-order valence-electron chi connectivity index (χ0n) is 11.8. The van der Waals surface area contributed by atoms with E-state index in [-0.39, 0.29) is 5.91 Å². The number of pyridine rings is 1. The first-order valence-corrected chi connectivity index (χ1v) is 6.72. The number of carbonyl (C=O) groups is 1. The van der Waals surface area contributed by atoms with Crippen LogP contribution in [-0.4, -0.2) is 29.7 Å². The summed E-state index contributed by atoms with van der Waals surface area (Å²) in [6.07, 6.45) is 1.37. The minimum absolute atomic E-state index is 0.283. The van der Waals surface area contributed by atoms with Crippen LogP contribution in [0.5, 0.6) is 5.75 Å². The van der Waals surface area contributed by atoms with Crippen molar-refractivity contribution in [2.75, 3.05) is 13.7 Å². The van der Waals surface area contributed by atoms with E-state index >= 15 is 0 Å². The second kappa shape index (κ2) is 7.40. The fourth-order valence-electron chi connectivity index (χ4n) is 1.92. The average Bonchev–Trinajstić information content (AvgIpc) is 2.55. The van der Waals surface area contributed by atoms with Crippen LogP contribution in [0.25, 0.3) is 0 Å². The van der Waals surface area contributed by atoms with Crippen molar-refractivity contribution >= 4 is 5.91 Å². The molecule has 2 N–H and O–H groups in total. The van der Waals surface area contributed by atoms with Crippen molar-refractivity contribution in [1.29, 1.82) is 0 Å². The summed E-state index contributed by atoms with van der Waals surface area (Å²) in [5.41, 5.74) is 1.13. The first kappa shape index (κ1) is 15.0. The molecular weight excluding hydrogens is 268 g/mol. The fourth-order valence-corrected chi connectivity index (χ4v) is 1.92. The number of amides is 1. The molecule has 1 amide bonds. The predicted molar refractivity (Wildman–Crippen MR) is 79.1 cm³/mol. The van der Waals surface area contributed by atoms with Crippen molar-refractivity contribution in [1.82, 2.24) is 10.3 Å². The molecule has 0 aliphatic heterocycles. The maximum Gasteiger partial charge on any atom is 0.270 e. The van der Waals surface area contributed by atoms with E-state index in [1.165, 1.54) is 13.3 Å². The van der Waals surface area contributed by atoms with E-state index in [9.17, 15) is 9.90 Å². The number of hydrogen-bond acceptors (Lipinski definition) is 4. The number of aliphatic hydroxyl groups is 1. The lowest BCUT2D eigenvalue weighted by molar-refractivity contribution is 0.0937. The lowest BCUT2D eigenvalue weighted by atomic mass is 10.1. The van der Waals surface area contributed by atoms with Crippen LogP contribution >= 0.6 is 0 Å². The number of carbonyl (C=O) groups excluding carboxylic acids is 1. The van der Waals surface area contributed by atoms with Crippen LogP contribution in [0.3, 0.4) is 0 Å². The Balaban J connectivity index is 1.84. The second-order valence-electron chi connectivity index (χ2n) is 4.55. The summed E-state index contributed by atoms with van der Waals surface area (Å²) in [7, 11) is 1.53. The molecule has 2 aromatic rings. The zero-order valence-corrected chi connectivity index (χ0v) is 11.8. The summed E-state index contributed by atoms with van der Waals surface area (Å²) in [5.74, 6) is 0.300. The maximum atomic E-state index is 11.9. The quantitative estimate of drug-likeness (QED) is 0.851. The van der Waals surface area contributed by atoms with Gasteiger partial charge >= 0.3 is 0 Å². The third-order valence-corrected chi connectivity index (χ3v) is 3.09. The number of benzene rings is 1. The Morgan fingerprint density at radius 3 is 2.81 bits per heavy atom. The largest absolute Gasteiger partial charge is 0.497 e. The van der Waals surface area contributed by atoms with Gasteiger partial charge in [0.25, 0.3) is 5.91 Å². The van der Waals surface area contributed by atoms with Gasteiger partial charge < -0.3 is 15.2 Å². The number of rotatable bonds is 6. The van der Waals surface area contributed by atoms with Crippen LogP contribution in [0.4, 0.5) is 0 Å². The highest BCUT2D eigenvalue weighted by molar-refractivity contribution is 5.92. The van der Waals surface area contributed by atoms with E-state index in [1.54, 1.807) is 12.1 Å². The van der Waals surface area contributed by atoms with Crippen molar-refractivity contribution in [3.8, 4) is 5.75 Å². The van der Waals surface area contributed by atoms with Gasteiger partial charge in [0.2, 0.25) is 0 Å². The topological polar surface area (TPSA) is 71.5 Å². The molecule has 110 valence electrons. The van der Waals surface area contributed by atoms with Crippen molar-refractivity contribution < 1.29 is 14.6 Å². The number of nitrogens with zero attached hydrogens (tertiary/aromatic N) is 1. The van der Waals surface area contributed by atoms with E-state index in [0.717, 1.165) is 5.56 Å². The molecule has 0 saturated heterocycles. The molecule has 2 rings (SSSR count). The number of aromatic nitrogens is 1. The van der Waals surface area contributed by atoms with Crippen molar-refractivity contribution in [2.45, 2.75) is 12.5 Å². The fraction of sp³-hybridized carbons (Fsp3) is 0.250. The Labute approximate surface area is 123 Å². The molecule has 0 spiro atoms. The zero-order chi connectivity index (χ0) is 15.1. The van der Waals surface area contributed by atoms with Gasteiger partial charge in [0.15, 0.2) is 0 Å². The SMILES string of the molecule is COc1ccnc(C(=O)NCCC(O)c2ccccc2)c1. The molecule has 0 bridgehead atoms. The van der Waals surface area contributed by atoms with Gasteiger partial charge in [0, 0.05) is 18.8 Å². The summed E-state index contributed by atoms with van der Waals surface area (Å²) in [5, 5.41) is 12.7. The van der Waals surface area contributed by atoms with Crippen LogP contribution in [0.15, 0.2) is 48.7 Å². The van der Waals surface area contributed by atoms with E-state index in [4.69, 9.17) is 4.74 Å². The smallest absolute Gasteiger partial charge is 0.270 e. The first-order valence-electron chi connectivity index (χ1n) is 6.72. The molecule has 0 saturated carbocycles. The van der Waals surface area contributed by atoms with Crippen molar-refractivity contribution in [3.05, 3.63) is 59.9 Å². The standard InChI is InChI=1S/C16H18N2O3/c1-21-13-7-9-17-14(11-13)16(20)18-10-8-15(19)12-5-3-2-4-6-12/h2-7,9,11,15,19H,8,10H2,1H3,(H,18,20). The highest BCUT2D eigenvalue weighted by Crippen LogP contribution is 2.15. The Morgan fingerprint density at radius 1 is 1.33 bits per heavy atom. The maximum absolute atomic E-state index is 11.9. The molecule has 0 aliphatic rings. The third kappa shape index (κ3) is 4.29. The molecule has 1 atom stereocenters. The summed E-state index contributed by atoms with van der Waals surface area (Å²) >= 11 is 0. The number of methoxy groups -OCH3 is 1. The van der Waals surface area contributed by atoms with Gasteiger partial charge in [-0.25, -0.2) is 0 Å². The molecule has 5 heteroatoms. The summed E-state index contributed by atoms with van der Waals surface area (Å²) < 4.78 is 5.05. The Morgan fingerprint density at radius 2 is 2.10 bits per heavy atom.